The third-order valence-corrected chi connectivity index (χ3v) is 6.49. The Hall–Kier alpha value is -2.15. The third kappa shape index (κ3) is 4.71. The van der Waals surface area contributed by atoms with E-state index in [1.165, 1.54) is 12.1 Å². The van der Waals surface area contributed by atoms with E-state index in [4.69, 9.17) is 18.3 Å². The Morgan fingerprint density at radius 3 is 2.61 bits per heavy atom. The number of aromatic amines is 1. The van der Waals surface area contributed by atoms with Crippen LogP contribution in [0.1, 0.15) is 23.8 Å². The summed E-state index contributed by atoms with van der Waals surface area (Å²) in [6.07, 6.45) is -6.11. The van der Waals surface area contributed by atoms with Gasteiger partial charge in [0, 0.05) is 0 Å². The number of nitrogens with one attached hydrogen (secondary N) is 1. The van der Waals surface area contributed by atoms with Gasteiger partial charge in [0.1, 0.15) is 0 Å². The molecule has 1 aromatic heterocycles. The van der Waals surface area contributed by atoms with Gasteiger partial charge in [-0.05, 0) is 0 Å². The van der Waals surface area contributed by atoms with Crippen molar-refractivity contribution in [3.63, 3.8) is 0 Å². The van der Waals surface area contributed by atoms with Gasteiger partial charge in [-0.15, -0.1) is 0 Å². The first-order valence-corrected chi connectivity index (χ1v) is 10.7. The van der Waals surface area contributed by atoms with Crippen molar-refractivity contribution < 1.29 is 40.8 Å². The zero-order chi connectivity index (χ0) is 22.4. The topological polar surface area (TPSA) is 112 Å². The molecule has 0 unspecified atom stereocenters. The second kappa shape index (κ2) is 8.08. The molecule has 2 saturated heterocycles. The van der Waals surface area contributed by atoms with Gasteiger partial charge in [0.05, 0.1) is 0 Å². The minimum atomic E-state index is -4.47. The maximum atomic E-state index is 13.5. The van der Waals surface area contributed by atoms with E-state index < -0.39 is 55.4 Å². The van der Waals surface area contributed by atoms with E-state index >= 15 is 0 Å². The second-order valence-electron chi connectivity index (χ2n) is 6.98. The van der Waals surface area contributed by atoms with Gasteiger partial charge in [0.2, 0.25) is 0 Å². The molecule has 4 rings (SSSR count). The van der Waals surface area contributed by atoms with Crippen LogP contribution in [0.15, 0.2) is 40.1 Å². The summed E-state index contributed by atoms with van der Waals surface area (Å²) < 4.78 is 74.0. The Kier molecular flexibility index (Phi) is 5.75. The summed E-state index contributed by atoms with van der Waals surface area (Å²) >= 11 is 0. The molecular formula is C17H17F4N2O7P. The number of H-pyrrole nitrogens is 1. The van der Waals surface area contributed by atoms with Crippen LogP contribution in [0.3, 0.4) is 0 Å². The molecule has 170 valence electrons. The van der Waals surface area contributed by atoms with Crippen LogP contribution in [-0.2, 0) is 31.1 Å². The Balaban J connectivity index is 1.39. The number of hydrogen-bond donors (Lipinski definition) is 2. The molecule has 0 aliphatic carbocycles. The summed E-state index contributed by atoms with van der Waals surface area (Å²) in [5, 5.41) is 0. The van der Waals surface area contributed by atoms with Gasteiger partial charge in [-0.25, -0.2) is 0 Å². The first kappa shape index (κ1) is 22.1. The average Bonchev–Trinajstić information content (AvgIpc) is 3.11. The fourth-order valence-corrected chi connectivity index (χ4v) is 4.85. The van der Waals surface area contributed by atoms with Crippen LogP contribution in [0.4, 0.5) is 17.6 Å². The van der Waals surface area contributed by atoms with Gasteiger partial charge in [0.25, 0.3) is 0 Å². The van der Waals surface area contributed by atoms with E-state index in [9.17, 15) is 32.0 Å². The summed E-state index contributed by atoms with van der Waals surface area (Å²) in [4.78, 5) is 35.4. The molecule has 2 N–H and O–H groups in total. The van der Waals surface area contributed by atoms with Crippen molar-refractivity contribution in [1.29, 1.82) is 0 Å². The SMILES string of the molecule is O=c1[nH]c(=O)n([C@H]2C[C@@H]3O[PH](O)(OCc4ccc(C(F)(F)F)cc4)OC[C@H]3O2)cc1F. The van der Waals surface area contributed by atoms with E-state index in [-0.39, 0.29) is 19.6 Å². The zero-order valence-corrected chi connectivity index (χ0v) is 16.6. The maximum absolute atomic E-state index is 13.5. The van der Waals surface area contributed by atoms with E-state index in [1.54, 1.807) is 0 Å². The molecule has 2 aliphatic heterocycles. The van der Waals surface area contributed by atoms with E-state index in [1.807, 2.05) is 4.98 Å². The molecule has 0 saturated carbocycles. The summed E-state index contributed by atoms with van der Waals surface area (Å²) in [7, 11) is -4.14. The normalized spacial score (nSPS) is 26.4. The zero-order valence-electron chi connectivity index (χ0n) is 15.6. The number of aromatic nitrogens is 2. The Morgan fingerprint density at radius 1 is 1.23 bits per heavy atom. The molecule has 2 fully saturated rings. The fourth-order valence-electron chi connectivity index (χ4n) is 3.27. The van der Waals surface area contributed by atoms with E-state index in [0.29, 0.717) is 5.56 Å². The molecule has 0 bridgehead atoms. The van der Waals surface area contributed by atoms with E-state index in [0.717, 1.165) is 22.9 Å². The summed E-state index contributed by atoms with van der Waals surface area (Å²) in [6.45, 7) is -0.398. The van der Waals surface area contributed by atoms with Crippen molar-refractivity contribution in [3.8, 4) is 0 Å². The number of halogens is 4. The molecule has 31 heavy (non-hydrogen) atoms. The summed E-state index contributed by atoms with van der Waals surface area (Å²) in [5.74, 6) is -1.17. The van der Waals surface area contributed by atoms with Gasteiger partial charge >= 0.3 is 171 Å². The van der Waals surface area contributed by atoms with Crippen molar-refractivity contribution in [2.45, 2.75) is 37.6 Å². The average molecular weight is 468 g/mol. The van der Waals surface area contributed by atoms with Crippen LogP contribution in [-0.4, -0.2) is 33.3 Å². The van der Waals surface area contributed by atoms with Gasteiger partial charge in [-0.3, -0.25) is 0 Å². The molecule has 2 aromatic rings. The number of fused-ring (bicyclic) bond motifs is 1. The molecule has 2 aliphatic rings. The van der Waals surface area contributed by atoms with Crippen LogP contribution in [0.25, 0.3) is 0 Å². The first-order valence-electron chi connectivity index (χ1n) is 9.05. The summed E-state index contributed by atoms with van der Waals surface area (Å²) in [6, 6.07) is 4.19. The van der Waals surface area contributed by atoms with Crippen LogP contribution in [0.5, 0.6) is 0 Å². The first-order chi connectivity index (χ1) is 14.5. The molecule has 0 radical (unpaired) electrons. The van der Waals surface area contributed by atoms with Gasteiger partial charge in [-0.2, -0.15) is 0 Å². The van der Waals surface area contributed by atoms with Crippen molar-refractivity contribution in [2.24, 2.45) is 0 Å². The standard InChI is InChI=1S/C17H17F4N2O7P/c18-11-6-23(16(25)22-15(11)24)14-5-12-13(29-14)8-28-31(26,30-12)27-7-9-1-3-10(4-2-9)17(19,20)21/h1-4,6,12-14,26,31H,5,7-8H2,(H,22,24,25)/t12-,13+,14+/m0/s1. The van der Waals surface area contributed by atoms with Crippen LogP contribution in [0, 0.1) is 5.82 Å². The Morgan fingerprint density at radius 2 is 1.94 bits per heavy atom. The number of benzene rings is 1. The predicted octanol–water partition coefficient (Wildman–Crippen LogP) is 2.02. The molecule has 14 heteroatoms. The van der Waals surface area contributed by atoms with Crippen LogP contribution >= 0.6 is 8.17 Å². The third-order valence-electron chi connectivity index (χ3n) is 4.85. The monoisotopic (exact) mass is 468 g/mol. The number of ether oxygens (including phenoxy) is 1. The Bertz CT molecular complexity index is 1070. The molecule has 3 atom stereocenters. The van der Waals surface area contributed by atoms with Crippen molar-refractivity contribution in [1.82, 2.24) is 9.55 Å². The minimum absolute atomic E-state index is 0.0400. The van der Waals surface area contributed by atoms with Gasteiger partial charge < -0.3 is 0 Å². The van der Waals surface area contributed by atoms with Crippen LogP contribution < -0.4 is 11.2 Å². The number of alkyl halides is 3. The second-order valence-corrected chi connectivity index (χ2v) is 8.84. The van der Waals surface area contributed by atoms with Crippen molar-refractivity contribution in [2.75, 3.05) is 6.61 Å². The summed E-state index contributed by atoms with van der Waals surface area (Å²) in [5.41, 5.74) is -2.49. The van der Waals surface area contributed by atoms with Crippen molar-refractivity contribution >= 4 is 8.17 Å². The Labute approximate surface area is 171 Å². The molecule has 3 heterocycles. The molecule has 0 spiro atoms. The number of nitrogens with zero attached hydrogens (tertiary/aromatic N) is 1. The molecule has 0 amide bonds. The molecule has 1 aromatic carbocycles. The predicted molar refractivity (Wildman–Crippen MR) is 97.4 cm³/mol. The van der Waals surface area contributed by atoms with Crippen molar-refractivity contribution in [3.05, 3.63) is 68.2 Å². The van der Waals surface area contributed by atoms with Gasteiger partial charge in [0.15, 0.2) is 0 Å². The van der Waals surface area contributed by atoms with Gasteiger partial charge in [-0.1, -0.05) is 0 Å². The van der Waals surface area contributed by atoms with E-state index in [2.05, 4.69) is 0 Å². The number of rotatable bonds is 4. The molecular weight excluding hydrogens is 451 g/mol. The van der Waals surface area contributed by atoms with Crippen LogP contribution in [0.2, 0.25) is 0 Å². The fraction of sp³-hybridized carbons (Fsp3) is 0.412. The number of hydrogen-bond acceptors (Lipinski definition) is 7. The molecule has 9 nitrogen and oxygen atoms in total. The quantitative estimate of drug-likeness (QED) is 0.522.